The molecule has 1 N–H and O–H groups in total. The highest BCUT2D eigenvalue weighted by atomic mass is 32.2. The van der Waals surface area contributed by atoms with Gasteiger partial charge in [0.25, 0.3) is 5.91 Å². The predicted octanol–water partition coefficient (Wildman–Crippen LogP) is 5.35. The first-order valence-electron chi connectivity index (χ1n) is 8.74. The highest BCUT2D eigenvalue weighted by Gasteiger charge is 2.06. The summed E-state index contributed by atoms with van der Waals surface area (Å²) >= 11 is 3.41. The topological polar surface area (TPSA) is 54.4 Å². The lowest BCUT2D eigenvalue weighted by Gasteiger charge is -2.02. The number of nitrogens with one attached hydrogen (secondary N) is 1. The maximum absolute atomic E-state index is 12.2. The van der Waals surface area contributed by atoms with Gasteiger partial charge in [-0.25, -0.2) is 10.4 Å². The number of carbonyl (C=O) groups excluding carboxylic acids is 1. The molecule has 1 heterocycles. The number of nitrogens with zero attached hydrogens (tertiary/aromatic N) is 2. The highest BCUT2D eigenvalue weighted by Crippen LogP contribution is 2.31. The summed E-state index contributed by atoms with van der Waals surface area (Å²) in [5, 5.41) is 4.00. The smallest absolute Gasteiger partial charge is 0.267 e. The van der Waals surface area contributed by atoms with E-state index < -0.39 is 0 Å². The monoisotopic (exact) mass is 403 g/mol. The maximum Gasteiger partial charge on any atom is 0.271 e. The molecule has 0 bridgehead atoms. The Labute approximate surface area is 171 Å². The second kappa shape index (κ2) is 8.82. The van der Waals surface area contributed by atoms with Gasteiger partial charge in [0.15, 0.2) is 4.34 Å². The molecule has 0 aliphatic rings. The van der Waals surface area contributed by atoms with Crippen molar-refractivity contribution in [2.75, 3.05) is 0 Å². The Balaban J connectivity index is 1.32. The molecule has 0 aliphatic carbocycles. The minimum absolute atomic E-state index is 0.224. The van der Waals surface area contributed by atoms with Crippen LogP contribution in [0, 0.1) is 0 Å². The molecular formula is C22H17N3OS2. The molecule has 138 valence electrons. The molecule has 0 aliphatic heterocycles. The van der Waals surface area contributed by atoms with Crippen LogP contribution in [0.15, 0.2) is 88.3 Å². The average molecular weight is 404 g/mol. The molecule has 3 aromatic carbocycles. The first-order valence-corrected chi connectivity index (χ1v) is 10.5. The number of carbonyl (C=O) groups is 1. The van der Waals surface area contributed by atoms with E-state index in [4.69, 9.17) is 0 Å². The molecule has 1 amide bonds. The van der Waals surface area contributed by atoms with Crippen LogP contribution in [0.4, 0.5) is 0 Å². The van der Waals surface area contributed by atoms with Crippen molar-refractivity contribution >= 4 is 45.4 Å². The van der Waals surface area contributed by atoms with Crippen molar-refractivity contribution in [3.8, 4) is 0 Å². The van der Waals surface area contributed by atoms with E-state index in [-0.39, 0.29) is 5.91 Å². The summed E-state index contributed by atoms with van der Waals surface area (Å²) < 4.78 is 2.26. The Morgan fingerprint density at radius 3 is 2.54 bits per heavy atom. The molecular weight excluding hydrogens is 386 g/mol. The van der Waals surface area contributed by atoms with E-state index in [9.17, 15) is 4.79 Å². The van der Waals surface area contributed by atoms with Gasteiger partial charge < -0.3 is 0 Å². The van der Waals surface area contributed by atoms with Gasteiger partial charge in [0, 0.05) is 11.3 Å². The number of hydrogen-bond acceptors (Lipinski definition) is 5. The van der Waals surface area contributed by atoms with Crippen molar-refractivity contribution in [2.45, 2.75) is 10.1 Å². The third-order valence-corrected chi connectivity index (χ3v) is 6.28. The van der Waals surface area contributed by atoms with E-state index in [2.05, 4.69) is 21.6 Å². The van der Waals surface area contributed by atoms with Crippen LogP contribution in [-0.2, 0) is 5.75 Å². The third-order valence-electron chi connectivity index (χ3n) is 4.03. The van der Waals surface area contributed by atoms with Crippen molar-refractivity contribution in [2.24, 2.45) is 5.10 Å². The summed E-state index contributed by atoms with van der Waals surface area (Å²) in [5.41, 5.74) is 6.26. The first-order chi connectivity index (χ1) is 13.8. The van der Waals surface area contributed by atoms with Crippen LogP contribution in [0.1, 0.15) is 21.5 Å². The number of aromatic nitrogens is 1. The molecule has 4 nitrogen and oxygen atoms in total. The van der Waals surface area contributed by atoms with Gasteiger partial charge in [0.1, 0.15) is 0 Å². The number of para-hydroxylation sites is 1. The minimum atomic E-state index is -0.224. The Morgan fingerprint density at radius 1 is 1.00 bits per heavy atom. The number of amides is 1. The fourth-order valence-electron chi connectivity index (χ4n) is 2.58. The van der Waals surface area contributed by atoms with Gasteiger partial charge in [-0.3, -0.25) is 4.79 Å². The number of fused-ring (bicyclic) bond motifs is 1. The molecule has 6 heteroatoms. The molecule has 0 unspecified atom stereocenters. The van der Waals surface area contributed by atoms with E-state index in [1.165, 1.54) is 4.70 Å². The highest BCUT2D eigenvalue weighted by molar-refractivity contribution is 8.00. The van der Waals surface area contributed by atoms with Crippen LogP contribution in [0.3, 0.4) is 0 Å². The van der Waals surface area contributed by atoms with Crippen LogP contribution >= 0.6 is 23.1 Å². The van der Waals surface area contributed by atoms with Gasteiger partial charge in [-0.1, -0.05) is 66.4 Å². The zero-order valence-corrected chi connectivity index (χ0v) is 16.5. The summed E-state index contributed by atoms with van der Waals surface area (Å²) in [5.74, 6) is 0.589. The van der Waals surface area contributed by atoms with Gasteiger partial charge in [-0.15, -0.1) is 11.3 Å². The molecule has 0 spiro atoms. The summed E-state index contributed by atoms with van der Waals surface area (Å²) in [4.78, 5) is 16.8. The Hall–Kier alpha value is -2.96. The molecule has 0 radical (unpaired) electrons. The number of rotatable bonds is 6. The van der Waals surface area contributed by atoms with Crippen LogP contribution in [0.25, 0.3) is 10.2 Å². The number of hydrazone groups is 1. The number of thioether (sulfide) groups is 1. The maximum atomic E-state index is 12.2. The van der Waals surface area contributed by atoms with Crippen LogP contribution < -0.4 is 5.43 Å². The molecule has 0 saturated carbocycles. The van der Waals surface area contributed by atoms with E-state index >= 15 is 0 Å². The Morgan fingerprint density at radius 2 is 1.75 bits per heavy atom. The summed E-state index contributed by atoms with van der Waals surface area (Å²) in [6, 6.07) is 25.4. The molecule has 0 fully saturated rings. The van der Waals surface area contributed by atoms with Crippen molar-refractivity contribution in [1.82, 2.24) is 10.4 Å². The van der Waals surface area contributed by atoms with Crippen molar-refractivity contribution in [1.29, 1.82) is 0 Å². The summed E-state index contributed by atoms with van der Waals surface area (Å²) in [6.45, 7) is 0. The molecule has 0 atom stereocenters. The fourth-order valence-corrected chi connectivity index (χ4v) is 4.60. The van der Waals surface area contributed by atoms with Crippen molar-refractivity contribution in [3.63, 3.8) is 0 Å². The zero-order valence-electron chi connectivity index (χ0n) is 14.9. The van der Waals surface area contributed by atoms with E-state index in [1.54, 1.807) is 29.3 Å². The SMILES string of the molecule is O=C(N/N=C/c1ccccc1)c1ccc(CSc2nc3ccccc3s2)cc1. The second-order valence-corrected chi connectivity index (χ2v) is 8.30. The lowest BCUT2D eigenvalue weighted by atomic mass is 10.1. The molecule has 0 saturated heterocycles. The largest absolute Gasteiger partial charge is 0.271 e. The summed E-state index contributed by atoms with van der Waals surface area (Å²) in [7, 11) is 0. The standard InChI is InChI=1S/C22H17N3OS2/c26-21(25-23-14-16-6-2-1-3-7-16)18-12-10-17(11-13-18)15-27-22-24-19-8-4-5-9-20(19)28-22/h1-14H,15H2,(H,25,26)/b23-14+. The van der Waals surface area contributed by atoms with Crippen LogP contribution in [0.2, 0.25) is 0 Å². The van der Waals surface area contributed by atoms with Gasteiger partial charge >= 0.3 is 0 Å². The van der Waals surface area contributed by atoms with E-state index in [0.29, 0.717) is 5.56 Å². The quantitative estimate of drug-likeness (QED) is 0.268. The van der Waals surface area contributed by atoms with Crippen molar-refractivity contribution in [3.05, 3.63) is 95.6 Å². The van der Waals surface area contributed by atoms with Crippen molar-refractivity contribution < 1.29 is 4.79 Å². The number of thiazole rings is 1. The third kappa shape index (κ3) is 4.65. The number of hydrogen-bond donors (Lipinski definition) is 1. The minimum Gasteiger partial charge on any atom is -0.267 e. The first kappa shape index (κ1) is 18.4. The summed E-state index contributed by atoms with van der Waals surface area (Å²) in [6.07, 6.45) is 1.63. The van der Waals surface area contributed by atoms with Gasteiger partial charge in [0.05, 0.1) is 16.4 Å². The van der Waals surface area contributed by atoms with Crippen LogP contribution in [0.5, 0.6) is 0 Å². The zero-order chi connectivity index (χ0) is 19.2. The van der Waals surface area contributed by atoms with E-state index in [1.807, 2.05) is 72.8 Å². The number of benzene rings is 3. The van der Waals surface area contributed by atoms with Gasteiger partial charge in [-0.2, -0.15) is 5.10 Å². The van der Waals surface area contributed by atoms with Crippen LogP contribution in [-0.4, -0.2) is 17.1 Å². The molecule has 4 rings (SSSR count). The lowest BCUT2D eigenvalue weighted by Crippen LogP contribution is -2.17. The predicted molar refractivity (Wildman–Crippen MR) is 117 cm³/mol. The fraction of sp³-hybridized carbons (Fsp3) is 0.0455. The average Bonchev–Trinajstić information content (AvgIpc) is 3.16. The molecule has 28 heavy (non-hydrogen) atoms. The Bertz CT molecular complexity index is 1070. The van der Waals surface area contributed by atoms with Gasteiger partial charge in [0.2, 0.25) is 0 Å². The normalized spacial score (nSPS) is 11.1. The van der Waals surface area contributed by atoms with E-state index in [0.717, 1.165) is 26.7 Å². The lowest BCUT2D eigenvalue weighted by molar-refractivity contribution is 0.0955. The Kier molecular flexibility index (Phi) is 5.80. The second-order valence-electron chi connectivity index (χ2n) is 6.04. The molecule has 4 aromatic rings. The van der Waals surface area contributed by atoms with Gasteiger partial charge in [-0.05, 0) is 35.4 Å². The molecule has 1 aromatic heterocycles.